The highest BCUT2D eigenvalue weighted by molar-refractivity contribution is 7.08. The Labute approximate surface area is 104 Å². The van der Waals surface area contributed by atoms with Crippen LogP contribution in [-0.2, 0) is 0 Å². The average molecular weight is 243 g/mol. The zero-order valence-corrected chi connectivity index (χ0v) is 10.3. The number of furan rings is 1. The molecule has 17 heavy (non-hydrogen) atoms. The Balaban J connectivity index is 2.07. The molecule has 0 saturated heterocycles. The number of aryl methyl sites for hydroxylation is 1. The molecule has 3 aromatic rings. The largest absolute Gasteiger partial charge is 0.459 e. The number of rotatable bonds is 2. The van der Waals surface area contributed by atoms with Crippen LogP contribution in [0.4, 0.5) is 0 Å². The normalized spacial score (nSPS) is 13.1. The molecule has 0 aliphatic heterocycles. The first-order valence-electron chi connectivity index (χ1n) is 5.52. The predicted octanol–water partition coefficient (Wildman–Crippen LogP) is 3.85. The summed E-state index contributed by atoms with van der Waals surface area (Å²) in [7, 11) is 0. The van der Waals surface area contributed by atoms with Crippen LogP contribution in [0.5, 0.6) is 0 Å². The number of fused-ring (bicyclic) bond motifs is 1. The van der Waals surface area contributed by atoms with Crippen LogP contribution in [0, 0.1) is 6.92 Å². The summed E-state index contributed by atoms with van der Waals surface area (Å²) in [5.74, 6) is 0.827. The van der Waals surface area contributed by atoms with Crippen molar-refractivity contribution in [3.05, 3.63) is 58.0 Å². The first kappa shape index (κ1) is 10.6. The smallest absolute Gasteiger partial charge is 0.134 e. The zero-order valence-electron chi connectivity index (χ0n) is 9.51. The Morgan fingerprint density at radius 1 is 1.24 bits per heavy atom. The lowest BCUT2D eigenvalue weighted by Crippen LogP contribution is -2.10. The zero-order chi connectivity index (χ0) is 11.8. The molecule has 0 amide bonds. The molecule has 2 aromatic heterocycles. The van der Waals surface area contributed by atoms with Crippen LogP contribution in [-0.4, -0.2) is 0 Å². The topological polar surface area (TPSA) is 39.2 Å². The summed E-state index contributed by atoms with van der Waals surface area (Å²) in [5, 5.41) is 5.30. The number of benzene rings is 1. The molecule has 1 aromatic carbocycles. The minimum atomic E-state index is -0.173. The molecule has 3 heteroatoms. The SMILES string of the molecule is Cc1cscc1C(N)c1cc2ccccc2o1. The van der Waals surface area contributed by atoms with E-state index in [0.29, 0.717) is 0 Å². The number of para-hydroxylation sites is 1. The first-order valence-corrected chi connectivity index (χ1v) is 6.47. The highest BCUT2D eigenvalue weighted by atomic mass is 32.1. The van der Waals surface area contributed by atoms with E-state index in [2.05, 4.69) is 17.7 Å². The van der Waals surface area contributed by atoms with Crippen LogP contribution in [0.25, 0.3) is 11.0 Å². The Kier molecular flexibility index (Phi) is 2.50. The average Bonchev–Trinajstić information content (AvgIpc) is 2.93. The van der Waals surface area contributed by atoms with Gasteiger partial charge in [0.2, 0.25) is 0 Å². The molecule has 1 atom stereocenters. The van der Waals surface area contributed by atoms with E-state index in [1.165, 1.54) is 5.56 Å². The van der Waals surface area contributed by atoms with Gasteiger partial charge in [-0.05, 0) is 40.9 Å². The van der Waals surface area contributed by atoms with Crippen molar-refractivity contribution in [3.8, 4) is 0 Å². The van der Waals surface area contributed by atoms with E-state index in [1.807, 2.05) is 30.3 Å². The molecule has 0 aliphatic rings. The molecular weight excluding hydrogens is 230 g/mol. The van der Waals surface area contributed by atoms with Crippen LogP contribution in [0.2, 0.25) is 0 Å². The van der Waals surface area contributed by atoms with Crippen molar-refractivity contribution in [2.75, 3.05) is 0 Å². The second-order valence-corrected chi connectivity index (χ2v) is 4.92. The van der Waals surface area contributed by atoms with E-state index in [1.54, 1.807) is 11.3 Å². The molecule has 0 radical (unpaired) electrons. The van der Waals surface area contributed by atoms with Gasteiger partial charge in [-0.2, -0.15) is 11.3 Å². The van der Waals surface area contributed by atoms with Crippen molar-refractivity contribution in [1.82, 2.24) is 0 Å². The molecule has 0 spiro atoms. The summed E-state index contributed by atoms with van der Waals surface area (Å²) < 4.78 is 5.79. The lowest BCUT2D eigenvalue weighted by Gasteiger charge is -2.07. The minimum absolute atomic E-state index is 0.173. The summed E-state index contributed by atoms with van der Waals surface area (Å²) in [6, 6.07) is 9.83. The summed E-state index contributed by atoms with van der Waals surface area (Å²) in [6.45, 7) is 2.08. The Morgan fingerprint density at radius 2 is 2.06 bits per heavy atom. The molecule has 0 bridgehead atoms. The molecule has 0 aliphatic carbocycles. The summed E-state index contributed by atoms with van der Waals surface area (Å²) in [6.07, 6.45) is 0. The van der Waals surface area contributed by atoms with Gasteiger partial charge in [-0.25, -0.2) is 0 Å². The third-order valence-corrected chi connectivity index (χ3v) is 3.86. The molecular formula is C14H13NOS. The lowest BCUT2D eigenvalue weighted by atomic mass is 10.1. The molecule has 86 valence electrons. The maximum Gasteiger partial charge on any atom is 0.134 e. The fourth-order valence-electron chi connectivity index (χ4n) is 2.00. The number of thiophene rings is 1. The number of nitrogens with two attached hydrogens (primary N) is 1. The van der Waals surface area contributed by atoms with Crippen LogP contribution in [0.1, 0.15) is 22.9 Å². The quantitative estimate of drug-likeness (QED) is 0.742. The molecule has 1 unspecified atom stereocenters. The van der Waals surface area contributed by atoms with Gasteiger partial charge in [-0.15, -0.1) is 0 Å². The molecule has 0 fully saturated rings. The molecule has 2 N–H and O–H groups in total. The lowest BCUT2D eigenvalue weighted by molar-refractivity contribution is 0.525. The van der Waals surface area contributed by atoms with Crippen molar-refractivity contribution >= 4 is 22.3 Å². The Hall–Kier alpha value is -1.58. The van der Waals surface area contributed by atoms with Crippen LogP contribution in [0.15, 0.2) is 45.5 Å². The van der Waals surface area contributed by atoms with Gasteiger partial charge in [0.15, 0.2) is 0 Å². The molecule has 3 rings (SSSR count). The van der Waals surface area contributed by atoms with Crippen molar-refractivity contribution in [3.63, 3.8) is 0 Å². The van der Waals surface area contributed by atoms with Crippen molar-refractivity contribution in [2.24, 2.45) is 5.73 Å². The number of hydrogen-bond donors (Lipinski definition) is 1. The van der Waals surface area contributed by atoms with Gasteiger partial charge in [0, 0.05) is 5.39 Å². The van der Waals surface area contributed by atoms with Crippen LogP contribution >= 0.6 is 11.3 Å². The van der Waals surface area contributed by atoms with E-state index in [4.69, 9.17) is 10.2 Å². The molecule has 2 nitrogen and oxygen atoms in total. The third-order valence-electron chi connectivity index (χ3n) is 2.98. The van der Waals surface area contributed by atoms with E-state index >= 15 is 0 Å². The second-order valence-electron chi connectivity index (χ2n) is 4.17. The van der Waals surface area contributed by atoms with E-state index in [-0.39, 0.29) is 6.04 Å². The van der Waals surface area contributed by atoms with Crippen molar-refractivity contribution in [1.29, 1.82) is 0 Å². The first-order chi connectivity index (χ1) is 8.25. The van der Waals surface area contributed by atoms with Crippen molar-refractivity contribution < 1.29 is 4.42 Å². The van der Waals surface area contributed by atoms with Gasteiger partial charge < -0.3 is 10.2 Å². The maximum absolute atomic E-state index is 6.24. The standard InChI is InChI=1S/C14H13NOS/c1-9-7-17-8-11(9)14(15)13-6-10-4-2-3-5-12(10)16-13/h2-8,14H,15H2,1H3. The Bertz CT molecular complexity index is 620. The number of hydrogen-bond acceptors (Lipinski definition) is 3. The summed E-state index contributed by atoms with van der Waals surface area (Å²) in [4.78, 5) is 0. The third kappa shape index (κ3) is 1.77. The summed E-state index contributed by atoms with van der Waals surface area (Å²) >= 11 is 1.67. The van der Waals surface area contributed by atoms with Gasteiger partial charge in [0.1, 0.15) is 11.3 Å². The van der Waals surface area contributed by atoms with E-state index in [9.17, 15) is 0 Å². The van der Waals surface area contributed by atoms with Gasteiger partial charge in [0.05, 0.1) is 6.04 Å². The predicted molar refractivity (Wildman–Crippen MR) is 71.3 cm³/mol. The van der Waals surface area contributed by atoms with Gasteiger partial charge in [-0.3, -0.25) is 0 Å². The Morgan fingerprint density at radius 3 is 2.76 bits per heavy atom. The fraction of sp³-hybridized carbons (Fsp3) is 0.143. The van der Waals surface area contributed by atoms with Crippen LogP contribution < -0.4 is 5.73 Å². The fourth-order valence-corrected chi connectivity index (χ4v) is 2.89. The second kappa shape index (κ2) is 4.02. The van der Waals surface area contributed by atoms with E-state index < -0.39 is 0 Å². The van der Waals surface area contributed by atoms with Gasteiger partial charge in [0.25, 0.3) is 0 Å². The van der Waals surface area contributed by atoms with Gasteiger partial charge in [-0.1, -0.05) is 18.2 Å². The summed E-state index contributed by atoms with van der Waals surface area (Å²) in [5.41, 5.74) is 9.50. The van der Waals surface area contributed by atoms with Crippen molar-refractivity contribution in [2.45, 2.75) is 13.0 Å². The van der Waals surface area contributed by atoms with E-state index in [0.717, 1.165) is 22.3 Å². The monoisotopic (exact) mass is 243 g/mol. The maximum atomic E-state index is 6.24. The minimum Gasteiger partial charge on any atom is -0.459 e. The molecule has 0 saturated carbocycles. The van der Waals surface area contributed by atoms with Crippen LogP contribution in [0.3, 0.4) is 0 Å². The highest BCUT2D eigenvalue weighted by Crippen LogP contribution is 2.29. The molecule has 2 heterocycles. The highest BCUT2D eigenvalue weighted by Gasteiger charge is 2.16. The van der Waals surface area contributed by atoms with Gasteiger partial charge >= 0.3 is 0 Å².